The molecule has 1 heterocycles. The number of aliphatic hydroxyl groups excluding tert-OH is 2. The van der Waals surface area contributed by atoms with E-state index in [1.54, 1.807) is 0 Å². The van der Waals surface area contributed by atoms with Crippen molar-refractivity contribution in [3.8, 4) is 0 Å². The Hall–Kier alpha value is -1.98. The normalized spacial score (nSPS) is 24.6. The smallest absolute Gasteiger partial charge is 0.389 e. The van der Waals surface area contributed by atoms with Crippen molar-refractivity contribution >= 4 is 10.0 Å². The van der Waals surface area contributed by atoms with E-state index in [2.05, 4.69) is 0 Å². The number of hydrogen-bond donors (Lipinski definition) is 2. The molecule has 2 aromatic carbocycles. The molecule has 0 saturated carbocycles. The molecule has 2 aromatic rings. The summed E-state index contributed by atoms with van der Waals surface area (Å²) in [4.78, 5) is 0. The van der Waals surface area contributed by atoms with Gasteiger partial charge < -0.3 is 14.9 Å². The van der Waals surface area contributed by atoms with Gasteiger partial charge in [0, 0.05) is 6.54 Å². The van der Waals surface area contributed by atoms with Crippen LogP contribution in [-0.4, -0.2) is 53.5 Å². The molecular weight excluding hydrogens is 423 g/mol. The molecule has 1 saturated heterocycles. The number of halogens is 3. The van der Waals surface area contributed by atoms with Crippen molar-refractivity contribution in [2.24, 2.45) is 0 Å². The number of hydrogen-bond acceptors (Lipinski definition) is 5. The number of benzene rings is 2. The molecule has 30 heavy (non-hydrogen) atoms. The molecule has 0 spiro atoms. The van der Waals surface area contributed by atoms with Crippen molar-refractivity contribution in [3.63, 3.8) is 0 Å². The molecule has 0 amide bonds. The summed E-state index contributed by atoms with van der Waals surface area (Å²) in [6.07, 6.45) is -7.52. The van der Waals surface area contributed by atoms with E-state index < -0.39 is 45.8 Å². The van der Waals surface area contributed by atoms with Crippen molar-refractivity contribution < 1.29 is 36.5 Å². The quantitative estimate of drug-likeness (QED) is 0.712. The molecule has 6 nitrogen and oxygen atoms in total. The Labute approximate surface area is 172 Å². The molecule has 0 unspecified atom stereocenters. The van der Waals surface area contributed by atoms with Crippen molar-refractivity contribution in [1.82, 2.24) is 4.31 Å². The molecule has 3 rings (SSSR count). The molecule has 10 heteroatoms. The lowest BCUT2D eigenvalue weighted by Crippen LogP contribution is -2.60. The summed E-state index contributed by atoms with van der Waals surface area (Å²) < 4.78 is 70.7. The molecule has 0 aromatic heterocycles. The number of alkyl halides is 3. The van der Waals surface area contributed by atoms with Gasteiger partial charge in [-0.15, -0.1) is 0 Å². The second kappa shape index (κ2) is 9.03. The zero-order valence-corrected chi connectivity index (χ0v) is 16.7. The zero-order valence-electron chi connectivity index (χ0n) is 15.9. The average Bonchev–Trinajstić information content (AvgIpc) is 2.68. The van der Waals surface area contributed by atoms with E-state index in [0.717, 1.165) is 22.0 Å². The highest BCUT2D eigenvalue weighted by Gasteiger charge is 2.45. The summed E-state index contributed by atoms with van der Waals surface area (Å²) in [5, 5.41) is 20.4. The van der Waals surface area contributed by atoms with E-state index in [-0.39, 0.29) is 25.3 Å². The standard InChI is InChI=1S/C20H22F3NO5S/c21-20(22,23)16-8-4-7-15(9-16)10-24-17(19(26)18(25)13-30(24,27)28)12-29-11-14-5-2-1-3-6-14/h1-9,17-19,25-26H,10-13H2/t17-,18+,19-/m0/s1. The summed E-state index contributed by atoms with van der Waals surface area (Å²) in [5.41, 5.74) is 0.0487. The highest BCUT2D eigenvalue weighted by atomic mass is 32.2. The van der Waals surface area contributed by atoms with Gasteiger partial charge >= 0.3 is 6.18 Å². The Balaban J connectivity index is 1.80. The van der Waals surface area contributed by atoms with Crippen molar-refractivity contribution in [3.05, 3.63) is 71.3 Å². The molecule has 1 aliphatic heterocycles. The average molecular weight is 445 g/mol. The molecule has 2 N–H and O–H groups in total. The molecule has 0 aliphatic carbocycles. The fraction of sp³-hybridized carbons (Fsp3) is 0.400. The lowest BCUT2D eigenvalue weighted by molar-refractivity contribution is -0.137. The molecular formula is C20H22F3NO5S. The highest BCUT2D eigenvalue weighted by molar-refractivity contribution is 7.89. The van der Waals surface area contributed by atoms with Crippen LogP contribution in [0.5, 0.6) is 0 Å². The minimum absolute atomic E-state index is 0.116. The lowest BCUT2D eigenvalue weighted by atomic mass is 10.1. The van der Waals surface area contributed by atoms with Crippen LogP contribution in [0.4, 0.5) is 13.2 Å². The second-order valence-corrected chi connectivity index (χ2v) is 9.11. The predicted octanol–water partition coefficient (Wildman–Crippen LogP) is 2.16. The first-order chi connectivity index (χ1) is 14.1. The Morgan fingerprint density at radius 2 is 1.70 bits per heavy atom. The molecule has 164 valence electrons. The van der Waals surface area contributed by atoms with E-state index in [1.807, 2.05) is 30.3 Å². The van der Waals surface area contributed by atoms with E-state index in [0.29, 0.717) is 0 Å². The van der Waals surface area contributed by atoms with E-state index >= 15 is 0 Å². The SMILES string of the molecule is O=S1(=O)C[C@@H](O)[C@@H](O)[C@H](COCc2ccccc2)N1Cc1cccc(C(F)(F)F)c1. The summed E-state index contributed by atoms with van der Waals surface area (Å²) in [6, 6.07) is 12.3. The Kier molecular flexibility index (Phi) is 6.83. The molecule has 1 fully saturated rings. The minimum Gasteiger partial charge on any atom is -0.389 e. The maximum absolute atomic E-state index is 13.0. The van der Waals surface area contributed by atoms with Crippen LogP contribution in [0.25, 0.3) is 0 Å². The van der Waals surface area contributed by atoms with Gasteiger partial charge in [-0.1, -0.05) is 48.5 Å². The molecule has 3 atom stereocenters. The van der Waals surface area contributed by atoms with Gasteiger partial charge in [0.15, 0.2) is 0 Å². The molecule has 1 aliphatic rings. The van der Waals surface area contributed by atoms with Gasteiger partial charge in [-0.25, -0.2) is 8.42 Å². The summed E-state index contributed by atoms with van der Waals surface area (Å²) >= 11 is 0. The minimum atomic E-state index is -4.56. The second-order valence-electron chi connectivity index (χ2n) is 7.15. The number of nitrogens with zero attached hydrogens (tertiary/aromatic N) is 1. The first-order valence-electron chi connectivity index (χ1n) is 9.21. The maximum atomic E-state index is 13.0. The van der Waals surface area contributed by atoms with Gasteiger partial charge in [0.25, 0.3) is 0 Å². The third-order valence-corrected chi connectivity index (χ3v) is 6.77. The third kappa shape index (κ3) is 5.38. The van der Waals surface area contributed by atoms with Gasteiger partial charge in [0.2, 0.25) is 10.0 Å². The number of ether oxygens (including phenoxy) is 1. The lowest BCUT2D eigenvalue weighted by Gasteiger charge is -2.40. The fourth-order valence-corrected chi connectivity index (χ4v) is 5.10. The Morgan fingerprint density at radius 1 is 1.03 bits per heavy atom. The van der Waals surface area contributed by atoms with E-state index in [4.69, 9.17) is 4.74 Å². The molecule has 0 radical (unpaired) electrons. The monoisotopic (exact) mass is 445 g/mol. The van der Waals surface area contributed by atoms with Crippen molar-refractivity contribution in [2.45, 2.75) is 37.6 Å². The van der Waals surface area contributed by atoms with Crippen molar-refractivity contribution in [2.75, 3.05) is 12.4 Å². The molecule has 0 bridgehead atoms. The largest absolute Gasteiger partial charge is 0.416 e. The Bertz CT molecular complexity index is 952. The van der Waals surface area contributed by atoms with Crippen LogP contribution in [0, 0.1) is 0 Å². The van der Waals surface area contributed by atoms with Crippen LogP contribution in [0.15, 0.2) is 54.6 Å². The van der Waals surface area contributed by atoms with Crippen LogP contribution in [0.3, 0.4) is 0 Å². The zero-order chi connectivity index (χ0) is 21.9. The van der Waals surface area contributed by atoms with Gasteiger partial charge in [0.05, 0.1) is 42.8 Å². The van der Waals surface area contributed by atoms with Crippen LogP contribution in [-0.2, 0) is 34.1 Å². The summed E-state index contributed by atoms with van der Waals surface area (Å²) in [7, 11) is -4.03. The van der Waals surface area contributed by atoms with Gasteiger partial charge in [-0.3, -0.25) is 0 Å². The number of aliphatic hydroxyl groups is 2. The van der Waals surface area contributed by atoms with Crippen LogP contribution >= 0.6 is 0 Å². The summed E-state index contributed by atoms with van der Waals surface area (Å²) in [5.74, 6) is -0.720. The van der Waals surface area contributed by atoms with Gasteiger partial charge in [-0.2, -0.15) is 17.5 Å². The van der Waals surface area contributed by atoms with E-state index in [9.17, 15) is 31.8 Å². The van der Waals surface area contributed by atoms with Crippen LogP contribution < -0.4 is 0 Å². The predicted molar refractivity (Wildman–Crippen MR) is 103 cm³/mol. The highest BCUT2D eigenvalue weighted by Crippen LogP contribution is 2.31. The first kappa shape index (κ1) is 22.7. The Morgan fingerprint density at radius 3 is 2.37 bits per heavy atom. The number of rotatable bonds is 6. The first-order valence-corrected chi connectivity index (χ1v) is 10.8. The van der Waals surface area contributed by atoms with Crippen molar-refractivity contribution in [1.29, 1.82) is 0 Å². The third-order valence-electron chi connectivity index (χ3n) is 4.89. The summed E-state index contributed by atoms with van der Waals surface area (Å²) in [6.45, 7) is -0.460. The maximum Gasteiger partial charge on any atom is 0.416 e. The fourth-order valence-electron chi connectivity index (χ4n) is 3.34. The van der Waals surface area contributed by atoms with E-state index in [1.165, 1.54) is 12.1 Å². The van der Waals surface area contributed by atoms with Crippen LogP contribution in [0.1, 0.15) is 16.7 Å². The van der Waals surface area contributed by atoms with Crippen LogP contribution in [0.2, 0.25) is 0 Å². The van der Waals surface area contributed by atoms with Gasteiger partial charge in [0.1, 0.15) is 0 Å². The topological polar surface area (TPSA) is 87.1 Å². The number of sulfonamides is 1. The van der Waals surface area contributed by atoms with Gasteiger partial charge in [-0.05, 0) is 17.2 Å².